The molecule has 0 saturated carbocycles. The molecule has 0 aliphatic carbocycles. The van der Waals surface area contributed by atoms with Crippen LogP contribution in [-0.4, -0.2) is 81.6 Å². The molecule has 2 heterocycles. The van der Waals surface area contributed by atoms with Crippen molar-refractivity contribution in [1.29, 1.82) is 0 Å². The molecule has 2 aromatic carbocycles. The van der Waals surface area contributed by atoms with Crippen LogP contribution in [0.4, 0.5) is 15.5 Å². The van der Waals surface area contributed by atoms with E-state index in [1.165, 1.54) is 0 Å². The molecule has 1 aromatic heterocycles. The van der Waals surface area contributed by atoms with Gasteiger partial charge in [0, 0.05) is 23.7 Å². The number of urea groups is 1. The van der Waals surface area contributed by atoms with E-state index in [4.69, 9.17) is 16.3 Å². The number of amides is 5. The van der Waals surface area contributed by atoms with Crippen molar-refractivity contribution in [2.45, 2.75) is 31.5 Å². The van der Waals surface area contributed by atoms with Gasteiger partial charge in [0.25, 0.3) is 5.91 Å². The average molecular weight is 586 g/mol. The summed E-state index contributed by atoms with van der Waals surface area (Å²) < 4.78 is 5.00. The zero-order chi connectivity index (χ0) is 29.4. The van der Waals surface area contributed by atoms with Crippen LogP contribution in [0.3, 0.4) is 0 Å². The van der Waals surface area contributed by atoms with Gasteiger partial charge in [-0.2, -0.15) is 0 Å². The molecule has 0 unspecified atom stereocenters. The number of para-hydroxylation sites is 2. The first-order valence-corrected chi connectivity index (χ1v) is 13.1. The first-order valence-electron chi connectivity index (χ1n) is 12.7. The second-order valence-corrected chi connectivity index (χ2v) is 9.51. The summed E-state index contributed by atoms with van der Waals surface area (Å²) in [4.78, 5) is 69.3. The zero-order valence-corrected chi connectivity index (χ0v) is 22.4. The number of ether oxygens (including phenoxy) is 1. The van der Waals surface area contributed by atoms with E-state index >= 15 is 0 Å². The van der Waals surface area contributed by atoms with Crippen molar-refractivity contribution in [3.8, 4) is 0 Å². The number of imidazole rings is 1. The molecule has 4 rings (SSSR count). The van der Waals surface area contributed by atoms with Crippen molar-refractivity contribution in [3.05, 3.63) is 59.1 Å². The molecule has 216 valence electrons. The Kier molecular flexibility index (Phi) is 9.58. The predicted octanol–water partition coefficient (Wildman–Crippen LogP) is 1.82. The standard InChI is InChI=1S/C26H28ClN7O7/c27-16-7-2-1-6-15(16)14-41-26(40)33-20(23(37)38)12-29-21(35)13-34-22(36)19(32-25(34)39)10-5-11-28-24-30-17-8-3-4-9-18(17)31-24/h1-4,6-9,19-20H,5,10-14H2,(H,29,35)(H,32,39)(H,33,40)(H,37,38)(H2,28,30,31)/t19-,20-/m0/s1. The SMILES string of the molecule is O=C(CN1C(=O)N[C@@H](CCCNc2nc3ccccc3[nH]2)C1=O)NC[C@H](NC(=O)OCc1ccccc1Cl)C(=O)O. The number of halogens is 1. The molecule has 2 atom stereocenters. The second kappa shape index (κ2) is 13.5. The van der Waals surface area contributed by atoms with E-state index in [0.29, 0.717) is 35.9 Å². The van der Waals surface area contributed by atoms with Crippen molar-refractivity contribution in [3.63, 3.8) is 0 Å². The molecule has 14 nitrogen and oxygen atoms in total. The molecular formula is C26H28ClN7O7. The minimum Gasteiger partial charge on any atom is -0.480 e. The number of nitrogens with one attached hydrogen (secondary N) is 5. The van der Waals surface area contributed by atoms with Gasteiger partial charge in [0.15, 0.2) is 0 Å². The summed E-state index contributed by atoms with van der Waals surface area (Å²) in [6.45, 7) is -0.810. The number of aliphatic carboxylic acids is 1. The summed E-state index contributed by atoms with van der Waals surface area (Å²) in [5, 5.41) is 19.9. The van der Waals surface area contributed by atoms with Crippen molar-refractivity contribution >= 4 is 58.5 Å². The molecule has 0 bridgehead atoms. The maximum absolute atomic E-state index is 12.7. The number of imide groups is 1. The van der Waals surface area contributed by atoms with E-state index in [-0.39, 0.29) is 6.61 Å². The van der Waals surface area contributed by atoms with Crippen molar-refractivity contribution in [2.24, 2.45) is 0 Å². The molecule has 15 heteroatoms. The normalized spacial score (nSPS) is 15.3. The van der Waals surface area contributed by atoms with Crippen LogP contribution in [0.5, 0.6) is 0 Å². The molecule has 1 fully saturated rings. The number of hydrogen-bond donors (Lipinski definition) is 6. The summed E-state index contributed by atoms with van der Waals surface area (Å²) in [5.74, 6) is -2.18. The number of carbonyl (C=O) groups excluding carboxylic acids is 4. The first kappa shape index (κ1) is 29.1. The van der Waals surface area contributed by atoms with Gasteiger partial charge in [-0.3, -0.25) is 14.5 Å². The fourth-order valence-corrected chi connectivity index (χ4v) is 4.22. The Balaban J connectivity index is 1.18. The second-order valence-electron chi connectivity index (χ2n) is 9.10. The molecule has 1 aliphatic rings. The number of aromatic amines is 1. The zero-order valence-electron chi connectivity index (χ0n) is 21.7. The van der Waals surface area contributed by atoms with Crippen molar-refractivity contribution in [2.75, 3.05) is 25.0 Å². The Morgan fingerprint density at radius 1 is 1.12 bits per heavy atom. The van der Waals surface area contributed by atoms with Crippen LogP contribution in [0.2, 0.25) is 5.02 Å². The van der Waals surface area contributed by atoms with Crippen LogP contribution in [0.1, 0.15) is 18.4 Å². The van der Waals surface area contributed by atoms with Crippen LogP contribution in [0.15, 0.2) is 48.5 Å². The number of nitrogens with zero attached hydrogens (tertiary/aromatic N) is 2. The maximum Gasteiger partial charge on any atom is 0.408 e. The number of hydrogen-bond acceptors (Lipinski definition) is 8. The van der Waals surface area contributed by atoms with E-state index < -0.39 is 55.1 Å². The lowest BCUT2D eigenvalue weighted by molar-refractivity contribution is -0.139. The number of fused-ring (bicyclic) bond motifs is 1. The number of carboxylic acid groups (broad SMARTS) is 1. The number of carbonyl (C=O) groups is 5. The topological polar surface area (TPSA) is 195 Å². The molecule has 5 amide bonds. The number of carboxylic acids is 1. The molecule has 0 radical (unpaired) electrons. The summed E-state index contributed by atoms with van der Waals surface area (Å²) in [7, 11) is 0. The molecule has 1 saturated heterocycles. The van der Waals surface area contributed by atoms with Gasteiger partial charge in [-0.1, -0.05) is 41.9 Å². The minimum absolute atomic E-state index is 0.187. The maximum atomic E-state index is 12.7. The summed E-state index contributed by atoms with van der Waals surface area (Å²) >= 11 is 6.00. The first-order chi connectivity index (χ1) is 19.7. The van der Waals surface area contributed by atoms with Crippen LogP contribution in [0, 0.1) is 0 Å². The third-order valence-corrected chi connectivity index (χ3v) is 6.54. The average Bonchev–Trinajstić information content (AvgIpc) is 3.48. The quantitative estimate of drug-likeness (QED) is 0.128. The molecule has 1 aliphatic heterocycles. The summed E-state index contributed by atoms with van der Waals surface area (Å²) in [5.41, 5.74) is 2.24. The summed E-state index contributed by atoms with van der Waals surface area (Å²) in [6.07, 6.45) is -0.165. The molecule has 41 heavy (non-hydrogen) atoms. The predicted molar refractivity (Wildman–Crippen MR) is 147 cm³/mol. The fraction of sp³-hybridized carbons (Fsp3) is 0.308. The fourth-order valence-electron chi connectivity index (χ4n) is 4.03. The molecular weight excluding hydrogens is 558 g/mol. The molecule has 3 aromatic rings. The smallest absolute Gasteiger partial charge is 0.408 e. The molecule has 0 spiro atoms. The van der Waals surface area contributed by atoms with Crippen molar-refractivity contribution < 1.29 is 33.8 Å². The Morgan fingerprint density at radius 2 is 1.88 bits per heavy atom. The lowest BCUT2D eigenvalue weighted by Crippen LogP contribution is -2.50. The highest BCUT2D eigenvalue weighted by Gasteiger charge is 2.38. The van der Waals surface area contributed by atoms with Crippen LogP contribution >= 0.6 is 11.6 Å². The number of alkyl carbamates (subject to hydrolysis) is 1. The minimum atomic E-state index is -1.52. The largest absolute Gasteiger partial charge is 0.480 e. The highest BCUT2D eigenvalue weighted by atomic mass is 35.5. The van der Waals surface area contributed by atoms with Crippen molar-refractivity contribution in [1.82, 2.24) is 30.8 Å². The highest BCUT2D eigenvalue weighted by molar-refractivity contribution is 6.31. The monoisotopic (exact) mass is 585 g/mol. The van der Waals surface area contributed by atoms with E-state index in [9.17, 15) is 29.1 Å². The van der Waals surface area contributed by atoms with E-state index in [2.05, 4.69) is 31.2 Å². The van der Waals surface area contributed by atoms with Gasteiger partial charge in [0.2, 0.25) is 11.9 Å². The van der Waals surface area contributed by atoms with Gasteiger partial charge >= 0.3 is 18.1 Å². The van der Waals surface area contributed by atoms with E-state index in [1.807, 2.05) is 24.3 Å². The van der Waals surface area contributed by atoms with Crippen LogP contribution < -0.4 is 21.3 Å². The van der Waals surface area contributed by atoms with Gasteiger partial charge in [-0.25, -0.2) is 19.4 Å². The van der Waals surface area contributed by atoms with Crippen LogP contribution in [-0.2, 0) is 25.7 Å². The van der Waals surface area contributed by atoms with Crippen LogP contribution in [0.25, 0.3) is 11.0 Å². The number of benzene rings is 2. The molecule has 6 N–H and O–H groups in total. The number of rotatable bonds is 13. The number of aromatic nitrogens is 2. The third kappa shape index (κ3) is 7.85. The van der Waals surface area contributed by atoms with Gasteiger partial charge in [-0.05, 0) is 31.0 Å². The van der Waals surface area contributed by atoms with E-state index in [0.717, 1.165) is 15.9 Å². The summed E-state index contributed by atoms with van der Waals surface area (Å²) in [6, 6.07) is 11.2. The lowest BCUT2D eigenvalue weighted by Gasteiger charge is -2.17. The Bertz CT molecular complexity index is 1410. The lowest BCUT2D eigenvalue weighted by atomic mass is 10.1. The van der Waals surface area contributed by atoms with Gasteiger partial charge in [0.1, 0.15) is 25.2 Å². The van der Waals surface area contributed by atoms with E-state index in [1.54, 1.807) is 24.3 Å². The Labute approximate surface area is 238 Å². The Hall–Kier alpha value is -4.85. The van der Waals surface area contributed by atoms with Gasteiger partial charge in [0.05, 0.1) is 11.0 Å². The Morgan fingerprint density at radius 3 is 2.63 bits per heavy atom. The highest BCUT2D eigenvalue weighted by Crippen LogP contribution is 2.16. The third-order valence-electron chi connectivity index (χ3n) is 6.17. The van der Waals surface area contributed by atoms with Gasteiger partial charge in [-0.15, -0.1) is 0 Å². The number of H-pyrrole nitrogens is 1. The van der Waals surface area contributed by atoms with Gasteiger partial charge < -0.3 is 36.1 Å². The number of anilines is 1.